The van der Waals surface area contributed by atoms with Crippen LogP contribution >= 0.6 is 0 Å². The van der Waals surface area contributed by atoms with E-state index in [0.717, 1.165) is 0 Å². The molecular formula is C11H22N2O4. The Hall–Kier alpha value is -1.30. The minimum Gasteiger partial charge on any atom is -0.467 e. The summed E-state index contributed by atoms with van der Waals surface area (Å²) in [7, 11) is 1.24. The molecule has 0 aromatic carbocycles. The van der Waals surface area contributed by atoms with Gasteiger partial charge in [0.15, 0.2) is 0 Å². The quantitative estimate of drug-likeness (QED) is 0.716. The molecule has 6 nitrogen and oxygen atoms in total. The molecule has 0 aromatic heterocycles. The third kappa shape index (κ3) is 6.11. The van der Waals surface area contributed by atoms with Gasteiger partial charge in [0.25, 0.3) is 0 Å². The van der Waals surface area contributed by atoms with Gasteiger partial charge >= 0.3 is 12.1 Å². The van der Waals surface area contributed by atoms with E-state index in [4.69, 9.17) is 10.5 Å². The first kappa shape index (κ1) is 15.7. The summed E-state index contributed by atoms with van der Waals surface area (Å²) in [6.07, 6.45) is -0.146. The number of nitrogens with two attached hydrogens (primary N) is 1. The molecule has 0 aliphatic rings. The lowest BCUT2D eigenvalue weighted by atomic mass is 10.1. The number of alkyl carbamates (subject to hydrolysis) is 1. The second-order valence-corrected chi connectivity index (χ2v) is 4.72. The van der Waals surface area contributed by atoms with Gasteiger partial charge in [0, 0.05) is 6.04 Å². The molecule has 0 fully saturated rings. The minimum absolute atomic E-state index is 0.505. The van der Waals surface area contributed by atoms with E-state index in [1.54, 1.807) is 20.8 Å². The van der Waals surface area contributed by atoms with E-state index < -0.39 is 29.7 Å². The summed E-state index contributed by atoms with van der Waals surface area (Å²) in [5.41, 5.74) is 5.11. The molecule has 1 amide bonds. The monoisotopic (exact) mass is 246 g/mol. The van der Waals surface area contributed by atoms with Gasteiger partial charge in [-0.2, -0.15) is 0 Å². The van der Waals surface area contributed by atoms with Crippen LogP contribution in [-0.4, -0.2) is 36.9 Å². The second-order valence-electron chi connectivity index (χ2n) is 4.72. The van der Waals surface area contributed by atoms with Crippen LogP contribution in [0, 0.1) is 0 Å². The van der Waals surface area contributed by atoms with E-state index in [1.165, 1.54) is 7.11 Å². The van der Waals surface area contributed by atoms with Crippen LogP contribution in [0.2, 0.25) is 0 Å². The summed E-state index contributed by atoms with van der Waals surface area (Å²) in [5.74, 6) is -0.579. The normalized spacial score (nSPS) is 14.7. The zero-order chi connectivity index (χ0) is 13.6. The Balaban J connectivity index is 4.54. The van der Waals surface area contributed by atoms with Gasteiger partial charge in [0.1, 0.15) is 11.6 Å². The van der Waals surface area contributed by atoms with Gasteiger partial charge in [-0.05, 0) is 27.2 Å². The zero-order valence-electron chi connectivity index (χ0n) is 11.1. The highest BCUT2D eigenvalue weighted by Crippen LogP contribution is 2.07. The first-order valence-electron chi connectivity index (χ1n) is 5.54. The van der Waals surface area contributed by atoms with Crippen molar-refractivity contribution in [3.05, 3.63) is 0 Å². The highest BCUT2D eigenvalue weighted by molar-refractivity contribution is 5.82. The van der Waals surface area contributed by atoms with Crippen LogP contribution in [-0.2, 0) is 14.3 Å². The van der Waals surface area contributed by atoms with Crippen LogP contribution in [0.25, 0.3) is 0 Å². The number of amides is 1. The Morgan fingerprint density at radius 3 is 2.24 bits per heavy atom. The first-order chi connectivity index (χ1) is 7.71. The SMILES string of the molecule is CCC(N)C(NC(=O)OC(C)(C)C)C(=O)OC. The van der Waals surface area contributed by atoms with E-state index >= 15 is 0 Å². The second kappa shape index (κ2) is 6.44. The third-order valence-corrected chi connectivity index (χ3v) is 2.03. The smallest absolute Gasteiger partial charge is 0.408 e. The number of carbonyl (C=O) groups is 2. The summed E-state index contributed by atoms with van der Waals surface area (Å²) in [4.78, 5) is 23.0. The number of rotatable bonds is 4. The van der Waals surface area contributed by atoms with Crippen LogP contribution in [0.4, 0.5) is 4.79 Å². The van der Waals surface area contributed by atoms with E-state index in [1.807, 2.05) is 6.92 Å². The van der Waals surface area contributed by atoms with Crippen LogP contribution in [0.3, 0.4) is 0 Å². The zero-order valence-corrected chi connectivity index (χ0v) is 11.1. The van der Waals surface area contributed by atoms with E-state index in [2.05, 4.69) is 10.1 Å². The largest absolute Gasteiger partial charge is 0.467 e. The lowest BCUT2D eigenvalue weighted by Gasteiger charge is -2.25. The van der Waals surface area contributed by atoms with Crippen molar-refractivity contribution in [2.45, 2.75) is 51.8 Å². The van der Waals surface area contributed by atoms with Gasteiger partial charge in [0.2, 0.25) is 0 Å². The highest BCUT2D eigenvalue weighted by Gasteiger charge is 2.29. The molecule has 2 atom stereocenters. The lowest BCUT2D eigenvalue weighted by Crippen LogP contribution is -2.53. The molecule has 0 aliphatic carbocycles. The summed E-state index contributed by atoms with van der Waals surface area (Å²) in [5, 5.41) is 2.41. The number of hydrogen-bond acceptors (Lipinski definition) is 5. The predicted octanol–water partition coefficient (Wildman–Crippen LogP) is 0.790. The Labute approximate surface area is 102 Å². The number of nitrogens with one attached hydrogen (secondary N) is 1. The van der Waals surface area contributed by atoms with Crippen LogP contribution in [0.5, 0.6) is 0 Å². The molecular weight excluding hydrogens is 224 g/mol. The first-order valence-corrected chi connectivity index (χ1v) is 5.54. The molecule has 0 rings (SSSR count). The molecule has 6 heteroatoms. The fraction of sp³-hybridized carbons (Fsp3) is 0.818. The highest BCUT2D eigenvalue weighted by atomic mass is 16.6. The minimum atomic E-state index is -0.889. The van der Waals surface area contributed by atoms with Crippen molar-refractivity contribution in [3.63, 3.8) is 0 Å². The molecule has 3 N–H and O–H groups in total. The average Bonchev–Trinajstić information content (AvgIpc) is 2.21. The third-order valence-electron chi connectivity index (χ3n) is 2.03. The molecule has 0 aliphatic heterocycles. The van der Waals surface area contributed by atoms with Gasteiger partial charge in [-0.1, -0.05) is 6.92 Å². The fourth-order valence-electron chi connectivity index (χ4n) is 1.14. The average molecular weight is 246 g/mol. The van der Waals surface area contributed by atoms with E-state index in [9.17, 15) is 9.59 Å². The number of esters is 1. The summed E-state index contributed by atoms with van der Waals surface area (Å²) < 4.78 is 9.62. The van der Waals surface area contributed by atoms with Gasteiger partial charge < -0.3 is 20.5 Å². The maximum Gasteiger partial charge on any atom is 0.408 e. The fourth-order valence-corrected chi connectivity index (χ4v) is 1.14. The van der Waals surface area contributed by atoms with Crippen LogP contribution < -0.4 is 11.1 Å². The number of hydrogen-bond donors (Lipinski definition) is 2. The summed E-state index contributed by atoms with van der Waals surface area (Å²) in [6, 6.07) is -1.39. The van der Waals surface area contributed by atoms with Gasteiger partial charge in [-0.25, -0.2) is 9.59 Å². The predicted molar refractivity (Wildman–Crippen MR) is 63.4 cm³/mol. The number of methoxy groups -OCH3 is 1. The summed E-state index contributed by atoms with van der Waals surface area (Å²) >= 11 is 0. The van der Waals surface area contributed by atoms with Crippen LogP contribution in [0.15, 0.2) is 0 Å². The van der Waals surface area contributed by atoms with Gasteiger partial charge in [0.05, 0.1) is 7.11 Å². The van der Waals surface area contributed by atoms with Crippen molar-refractivity contribution < 1.29 is 19.1 Å². The molecule has 17 heavy (non-hydrogen) atoms. The van der Waals surface area contributed by atoms with Crippen LogP contribution in [0.1, 0.15) is 34.1 Å². The standard InChI is InChI=1S/C11H22N2O4/c1-6-7(12)8(9(14)16-5)13-10(15)17-11(2,3)4/h7-8H,6,12H2,1-5H3,(H,13,15). The van der Waals surface area contributed by atoms with Gasteiger partial charge in [-0.15, -0.1) is 0 Å². The topological polar surface area (TPSA) is 90.6 Å². The van der Waals surface area contributed by atoms with Crippen molar-refractivity contribution in [2.24, 2.45) is 5.73 Å². The molecule has 100 valence electrons. The molecule has 0 aromatic rings. The Morgan fingerprint density at radius 1 is 1.35 bits per heavy atom. The van der Waals surface area contributed by atoms with Crippen molar-refractivity contribution in [1.29, 1.82) is 0 Å². The molecule has 0 spiro atoms. The van der Waals surface area contributed by atoms with Crippen molar-refractivity contribution in [1.82, 2.24) is 5.32 Å². The van der Waals surface area contributed by atoms with Gasteiger partial charge in [-0.3, -0.25) is 0 Å². The molecule has 0 saturated carbocycles. The Kier molecular flexibility index (Phi) is 5.95. The van der Waals surface area contributed by atoms with E-state index in [0.29, 0.717) is 6.42 Å². The maximum atomic E-state index is 11.5. The maximum absolute atomic E-state index is 11.5. The van der Waals surface area contributed by atoms with E-state index in [-0.39, 0.29) is 0 Å². The number of ether oxygens (including phenoxy) is 2. The molecule has 0 heterocycles. The number of carbonyl (C=O) groups excluding carboxylic acids is 2. The Morgan fingerprint density at radius 2 is 1.88 bits per heavy atom. The molecule has 0 saturated heterocycles. The van der Waals surface area contributed by atoms with Crippen molar-refractivity contribution >= 4 is 12.1 Å². The van der Waals surface area contributed by atoms with Crippen molar-refractivity contribution in [2.75, 3.05) is 7.11 Å². The summed E-state index contributed by atoms with van der Waals surface area (Å²) in [6.45, 7) is 7.02. The van der Waals surface area contributed by atoms with Crippen molar-refractivity contribution in [3.8, 4) is 0 Å². The Bertz CT molecular complexity index is 273. The molecule has 2 unspecified atom stereocenters. The lowest BCUT2D eigenvalue weighted by molar-refractivity contribution is -0.143. The molecule has 0 bridgehead atoms. The molecule has 0 radical (unpaired) electrons.